The van der Waals surface area contributed by atoms with Gasteiger partial charge in [-0.25, -0.2) is 4.79 Å². The number of amides is 3. The van der Waals surface area contributed by atoms with Crippen molar-refractivity contribution in [2.45, 2.75) is 51.0 Å². The number of carbonyl (C=O) groups excluding carboxylic acids is 2. The van der Waals surface area contributed by atoms with E-state index in [1.807, 2.05) is 0 Å². The molecule has 0 heterocycles. The van der Waals surface area contributed by atoms with Gasteiger partial charge in [-0.05, 0) is 43.5 Å². The average molecular weight is 396 g/mol. The molecule has 0 saturated heterocycles. The van der Waals surface area contributed by atoms with Crippen LogP contribution in [0.3, 0.4) is 0 Å². The summed E-state index contributed by atoms with van der Waals surface area (Å²) < 4.78 is 5.59. The Labute approximate surface area is 166 Å². The number of carbonyl (C=O) groups is 2. The minimum absolute atomic E-state index is 0.0456. The molecule has 150 valence electrons. The molecule has 0 unspecified atom stereocenters. The van der Waals surface area contributed by atoms with Crippen LogP contribution >= 0.6 is 11.6 Å². The van der Waals surface area contributed by atoms with E-state index in [0.717, 1.165) is 18.6 Å². The van der Waals surface area contributed by atoms with Crippen molar-refractivity contribution in [2.75, 3.05) is 26.7 Å². The zero-order valence-electron chi connectivity index (χ0n) is 16.0. The highest BCUT2D eigenvalue weighted by Gasteiger charge is 2.15. The Balaban J connectivity index is 1.52. The van der Waals surface area contributed by atoms with Crippen molar-refractivity contribution in [3.8, 4) is 5.75 Å². The van der Waals surface area contributed by atoms with Crippen LogP contribution in [0.25, 0.3) is 0 Å². The van der Waals surface area contributed by atoms with Gasteiger partial charge in [-0.3, -0.25) is 4.79 Å². The summed E-state index contributed by atoms with van der Waals surface area (Å²) in [7, 11) is 1.76. The van der Waals surface area contributed by atoms with Crippen LogP contribution in [0.2, 0.25) is 5.02 Å². The van der Waals surface area contributed by atoms with E-state index in [0.29, 0.717) is 43.6 Å². The first-order valence-corrected chi connectivity index (χ1v) is 10.1. The lowest BCUT2D eigenvalue weighted by Crippen LogP contribution is -2.43. The number of nitrogens with one attached hydrogen (secondary N) is 2. The van der Waals surface area contributed by atoms with Crippen LogP contribution in [0, 0.1) is 0 Å². The molecule has 0 aromatic heterocycles. The predicted molar refractivity (Wildman–Crippen MR) is 107 cm³/mol. The summed E-state index contributed by atoms with van der Waals surface area (Å²) in [5.41, 5.74) is 0. The summed E-state index contributed by atoms with van der Waals surface area (Å²) in [4.78, 5) is 25.6. The fourth-order valence-corrected chi connectivity index (χ4v) is 3.20. The van der Waals surface area contributed by atoms with Gasteiger partial charge in [0, 0.05) is 31.1 Å². The molecule has 27 heavy (non-hydrogen) atoms. The van der Waals surface area contributed by atoms with Crippen LogP contribution in [0.15, 0.2) is 24.3 Å². The molecule has 1 fully saturated rings. The third kappa shape index (κ3) is 8.52. The van der Waals surface area contributed by atoms with E-state index in [1.165, 1.54) is 19.3 Å². The van der Waals surface area contributed by atoms with Gasteiger partial charge >= 0.3 is 6.03 Å². The highest BCUT2D eigenvalue weighted by atomic mass is 35.5. The molecule has 7 heteroatoms. The van der Waals surface area contributed by atoms with Crippen molar-refractivity contribution in [3.05, 3.63) is 29.3 Å². The maximum absolute atomic E-state index is 12.1. The van der Waals surface area contributed by atoms with Crippen molar-refractivity contribution in [3.63, 3.8) is 0 Å². The molecule has 3 amide bonds. The summed E-state index contributed by atoms with van der Waals surface area (Å²) in [6, 6.07) is 7.31. The summed E-state index contributed by atoms with van der Waals surface area (Å²) in [6.07, 6.45) is 6.80. The number of urea groups is 1. The van der Waals surface area contributed by atoms with E-state index < -0.39 is 0 Å². The Hall–Kier alpha value is -1.95. The van der Waals surface area contributed by atoms with Crippen LogP contribution in [0.4, 0.5) is 4.79 Å². The Morgan fingerprint density at radius 3 is 2.59 bits per heavy atom. The fraction of sp³-hybridized carbons (Fsp3) is 0.600. The molecule has 6 nitrogen and oxygen atoms in total. The zero-order chi connectivity index (χ0) is 19.5. The van der Waals surface area contributed by atoms with Gasteiger partial charge in [-0.15, -0.1) is 0 Å². The summed E-state index contributed by atoms with van der Waals surface area (Å²) in [5.74, 6) is 0.776. The van der Waals surface area contributed by atoms with Crippen molar-refractivity contribution in [2.24, 2.45) is 0 Å². The zero-order valence-corrected chi connectivity index (χ0v) is 16.8. The number of nitrogens with zero attached hydrogens (tertiary/aromatic N) is 1. The molecule has 0 spiro atoms. The highest BCUT2D eigenvalue weighted by Crippen LogP contribution is 2.17. The largest absolute Gasteiger partial charge is 0.492 e. The Bertz CT molecular complexity index is 589. The average Bonchev–Trinajstić information content (AvgIpc) is 2.67. The summed E-state index contributed by atoms with van der Waals surface area (Å²) >= 11 is 5.83. The lowest BCUT2D eigenvalue weighted by molar-refractivity contribution is -0.130. The maximum Gasteiger partial charge on any atom is 0.315 e. The molecule has 0 aliphatic heterocycles. The van der Waals surface area contributed by atoms with Crippen LogP contribution < -0.4 is 15.4 Å². The van der Waals surface area contributed by atoms with Crippen molar-refractivity contribution in [1.29, 1.82) is 0 Å². The van der Waals surface area contributed by atoms with E-state index in [2.05, 4.69) is 10.6 Å². The molecule has 1 aromatic rings. The smallest absolute Gasteiger partial charge is 0.315 e. The fourth-order valence-electron chi connectivity index (χ4n) is 3.07. The monoisotopic (exact) mass is 395 g/mol. The van der Waals surface area contributed by atoms with Gasteiger partial charge in [-0.1, -0.05) is 30.9 Å². The topological polar surface area (TPSA) is 70.7 Å². The number of hydrogen-bond acceptors (Lipinski definition) is 3. The van der Waals surface area contributed by atoms with Gasteiger partial charge in [0.25, 0.3) is 0 Å². The lowest BCUT2D eigenvalue weighted by Gasteiger charge is -2.23. The van der Waals surface area contributed by atoms with Crippen molar-refractivity contribution < 1.29 is 14.3 Å². The van der Waals surface area contributed by atoms with E-state index in [4.69, 9.17) is 16.3 Å². The Morgan fingerprint density at radius 1 is 1.19 bits per heavy atom. The molecule has 2 rings (SSSR count). The molecule has 0 radical (unpaired) electrons. The molecular weight excluding hydrogens is 366 g/mol. The second kappa shape index (κ2) is 11.7. The number of rotatable bonds is 9. The standard InChI is InChI=1S/C20H30ClN3O3/c1-24(14-15-27-18-11-9-16(21)10-12-18)19(25)8-5-13-22-20(26)23-17-6-3-2-4-7-17/h9-12,17H,2-8,13-15H2,1H3,(H2,22,23,26). The quantitative estimate of drug-likeness (QED) is 0.627. The van der Waals surface area contributed by atoms with Gasteiger partial charge in [0.05, 0.1) is 6.54 Å². The first-order valence-electron chi connectivity index (χ1n) is 9.71. The second-order valence-corrected chi connectivity index (χ2v) is 7.39. The third-order valence-corrected chi connectivity index (χ3v) is 4.98. The second-order valence-electron chi connectivity index (χ2n) is 6.96. The minimum atomic E-state index is -0.126. The van der Waals surface area contributed by atoms with Crippen LogP contribution in [0.5, 0.6) is 5.75 Å². The normalized spacial score (nSPS) is 14.4. The Kier molecular flexibility index (Phi) is 9.25. The molecular formula is C20H30ClN3O3. The highest BCUT2D eigenvalue weighted by molar-refractivity contribution is 6.30. The molecule has 2 N–H and O–H groups in total. The van der Waals surface area contributed by atoms with E-state index in [1.54, 1.807) is 36.2 Å². The Morgan fingerprint density at radius 2 is 1.89 bits per heavy atom. The molecule has 1 saturated carbocycles. The first-order chi connectivity index (χ1) is 13.0. The lowest BCUT2D eigenvalue weighted by atomic mass is 9.96. The molecule has 0 atom stereocenters. The summed E-state index contributed by atoms with van der Waals surface area (Å²) in [5, 5.41) is 6.51. The van der Waals surface area contributed by atoms with Gasteiger partial charge < -0.3 is 20.3 Å². The van der Waals surface area contributed by atoms with Crippen LogP contribution in [0.1, 0.15) is 44.9 Å². The number of hydrogen-bond donors (Lipinski definition) is 2. The number of benzene rings is 1. The van der Waals surface area contributed by atoms with Gasteiger partial charge in [-0.2, -0.15) is 0 Å². The van der Waals surface area contributed by atoms with Crippen LogP contribution in [-0.2, 0) is 4.79 Å². The predicted octanol–water partition coefficient (Wildman–Crippen LogP) is 3.59. The number of ether oxygens (including phenoxy) is 1. The van der Waals surface area contributed by atoms with Crippen molar-refractivity contribution in [1.82, 2.24) is 15.5 Å². The molecule has 1 aromatic carbocycles. The van der Waals surface area contributed by atoms with Crippen LogP contribution in [-0.4, -0.2) is 49.6 Å². The first kappa shape index (κ1) is 21.4. The summed E-state index contributed by atoms with van der Waals surface area (Å²) in [6.45, 7) is 1.43. The molecule has 0 bridgehead atoms. The third-order valence-electron chi connectivity index (χ3n) is 4.73. The van der Waals surface area contributed by atoms with Gasteiger partial charge in [0.2, 0.25) is 5.91 Å². The van der Waals surface area contributed by atoms with E-state index in [-0.39, 0.29) is 11.9 Å². The number of likely N-dealkylation sites (N-methyl/N-ethyl adjacent to an activating group) is 1. The molecule has 1 aliphatic carbocycles. The number of halogens is 1. The molecule has 1 aliphatic rings. The SMILES string of the molecule is CN(CCOc1ccc(Cl)cc1)C(=O)CCCNC(=O)NC1CCCCC1. The van der Waals surface area contributed by atoms with Gasteiger partial charge in [0.15, 0.2) is 0 Å². The van der Waals surface area contributed by atoms with E-state index in [9.17, 15) is 9.59 Å². The van der Waals surface area contributed by atoms with Gasteiger partial charge in [0.1, 0.15) is 12.4 Å². The maximum atomic E-state index is 12.1. The minimum Gasteiger partial charge on any atom is -0.492 e. The van der Waals surface area contributed by atoms with E-state index >= 15 is 0 Å². The van der Waals surface area contributed by atoms with Crippen molar-refractivity contribution >= 4 is 23.5 Å².